The number of fused-ring (bicyclic) bond motifs is 1. The molecule has 32 heavy (non-hydrogen) atoms. The number of anilines is 2. The molecule has 0 bridgehead atoms. The molecule has 1 atom stereocenters. The van der Waals surface area contributed by atoms with Crippen LogP contribution in [0.5, 0.6) is 0 Å². The molecule has 0 fully saturated rings. The van der Waals surface area contributed by atoms with E-state index in [0.29, 0.717) is 11.3 Å². The summed E-state index contributed by atoms with van der Waals surface area (Å²) in [6, 6.07) is 5.69. The second-order valence-corrected chi connectivity index (χ2v) is 7.69. The average molecular weight is 460 g/mol. The molecule has 11 nitrogen and oxygen atoms in total. The van der Waals surface area contributed by atoms with Crippen molar-refractivity contribution in [3.63, 3.8) is 0 Å². The van der Waals surface area contributed by atoms with Crippen LogP contribution in [-0.2, 0) is 30.3 Å². The van der Waals surface area contributed by atoms with Gasteiger partial charge in [-0.1, -0.05) is 23.5 Å². The molecular weight excluding hydrogens is 440 g/mol. The molecule has 2 aromatic rings. The molecule has 3 rings (SSSR count). The number of methoxy groups -OCH3 is 2. The second kappa shape index (κ2) is 10.0. The Hall–Kier alpha value is -3.80. The standard InChI is InChI=1S/C20H20N4O7S/c1-30-15(26)9-13-16(19(29)31-2)32-20(23-13)24-14(25)8-7-12-18(28)21-11-6-4-3-5-10(11)17(27)22-12/h3-6,12H,7-9H2,1-2H3,(H,21,28)(H,22,27)(H,23,24,25). The topological polar surface area (TPSA) is 153 Å². The predicted octanol–water partition coefficient (Wildman–Crippen LogP) is 1.11. The van der Waals surface area contributed by atoms with Crippen molar-refractivity contribution in [1.29, 1.82) is 0 Å². The summed E-state index contributed by atoms with van der Waals surface area (Å²) in [4.78, 5) is 64.8. The van der Waals surface area contributed by atoms with Gasteiger partial charge in [0.1, 0.15) is 10.9 Å². The molecule has 3 N–H and O–H groups in total. The van der Waals surface area contributed by atoms with Gasteiger partial charge in [-0.05, 0) is 18.6 Å². The number of benzene rings is 1. The first kappa shape index (κ1) is 22.9. The van der Waals surface area contributed by atoms with E-state index < -0.39 is 35.7 Å². The third kappa shape index (κ3) is 5.27. The SMILES string of the molecule is COC(=O)Cc1nc(NC(=O)CCC2NC(=O)c3ccccc3NC2=O)sc1C(=O)OC. The summed E-state index contributed by atoms with van der Waals surface area (Å²) >= 11 is 0.856. The first-order chi connectivity index (χ1) is 15.3. The van der Waals surface area contributed by atoms with Crippen molar-refractivity contribution in [1.82, 2.24) is 10.3 Å². The highest BCUT2D eigenvalue weighted by atomic mass is 32.1. The van der Waals surface area contributed by atoms with E-state index in [1.807, 2.05) is 0 Å². The van der Waals surface area contributed by atoms with Crippen molar-refractivity contribution in [3.05, 3.63) is 40.4 Å². The van der Waals surface area contributed by atoms with E-state index in [1.54, 1.807) is 24.3 Å². The molecule has 3 amide bonds. The van der Waals surface area contributed by atoms with Crippen LogP contribution in [-0.4, -0.2) is 54.9 Å². The number of hydrogen-bond acceptors (Lipinski definition) is 9. The van der Waals surface area contributed by atoms with Crippen LogP contribution in [0.4, 0.5) is 10.8 Å². The first-order valence-electron chi connectivity index (χ1n) is 9.47. The molecule has 0 aliphatic carbocycles. The molecule has 0 spiro atoms. The van der Waals surface area contributed by atoms with Gasteiger partial charge in [-0.25, -0.2) is 9.78 Å². The van der Waals surface area contributed by atoms with Gasteiger partial charge in [-0.15, -0.1) is 0 Å². The third-order valence-corrected chi connectivity index (χ3v) is 5.56. The summed E-state index contributed by atoms with van der Waals surface area (Å²) < 4.78 is 9.26. The Morgan fingerprint density at radius 1 is 1.16 bits per heavy atom. The van der Waals surface area contributed by atoms with Gasteiger partial charge < -0.3 is 25.4 Å². The summed E-state index contributed by atoms with van der Waals surface area (Å²) in [7, 11) is 2.39. The van der Waals surface area contributed by atoms with Gasteiger partial charge in [0.2, 0.25) is 11.8 Å². The predicted molar refractivity (Wildman–Crippen MR) is 113 cm³/mol. The molecule has 1 unspecified atom stereocenters. The molecule has 1 aliphatic rings. The minimum Gasteiger partial charge on any atom is -0.469 e. The van der Waals surface area contributed by atoms with E-state index in [0.717, 1.165) is 11.3 Å². The summed E-state index contributed by atoms with van der Waals surface area (Å²) in [5.41, 5.74) is 0.861. The minimum atomic E-state index is -0.905. The Bertz CT molecular complexity index is 1080. The number of ether oxygens (including phenoxy) is 2. The van der Waals surface area contributed by atoms with Gasteiger partial charge in [0.25, 0.3) is 5.91 Å². The molecule has 0 radical (unpaired) electrons. The summed E-state index contributed by atoms with van der Waals surface area (Å²) in [5, 5.41) is 7.91. The lowest BCUT2D eigenvalue weighted by Gasteiger charge is -2.13. The van der Waals surface area contributed by atoms with Gasteiger partial charge in [-0.2, -0.15) is 0 Å². The van der Waals surface area contributed by atoms with Gasteiger partial charge in [0.05, 0.1) is 37.6 Å². The Labute approximate surface area is 186 Å². The fourth-order valence-electron chi connectivity index (χ4n) is 2.96. The number of carbonyl (C=O) groups is 5. The number of carbonyl (C=O) groups excluding carboxylic acids is 5. The Morgan fingerprint density at radius 2 is 1.91 bits per heavy atom. The van der Waals surface area contributed by atoms with Gasteiger partial charge >= 0.3 is 11.9 Å². The van der Waals surface area contributed by atoms with E-state index in [9.17, 15) is 24.0 Å². The summed E-state index contributed by atoms with van der Waals surface area (Å²) in [6.45, 7) is 0. The zero-order chi connectivity index (χ0) is 23.3. The number of aromatic nitrogens is 1. The average Bonchev–Trinajstić information content (AvgIpc) is 3.12. The van der Waals surface area contributed by atoms with Crippen molar-refractivity contribution < 1.29 is 33.4 Å². The molecule has 2 heterocycles. The number of amides is 3. The maximum absolute atomic E-state index is 12.4. The number of hydrogen-bond donors (Lipinski definition) is 3. The van der Waals surface area contributed by atoms with Crippen molar-refractivity contribution in [2.45, 2.75) is 25.3 Å². The lowest BCUT2D eigenvalue weighted by atomic mass is 10.1. The highest BCUT2D eigenvalue weighted by molar-refractivity contribution is 7.17. The number of thiazole rings is 1. The lowest BCUT2D eigenvalue weighted by molar-refractivity contribution is -0.139. The minimum absolute atomic E-state index is 0.0433. The number of rotatable bonds is 7. The van der Waals surface area contributed by atoms with Crippen molar-refractivity contribution in [2.75, 3.05) is 24.9 Å². The molecule has 0 saturated heterocycles. The van der Waals surface area contributed by atoms with Crippen molar-refractivity contribution in [3.8, 4) is 0 Å². The Kier molecular flexibility index (Phi) is 7.15. The van der Waals surface area contributed by atoms with E-state index in [4.69, 9.17) is 0 Å². The highest BCUT2D eigenvalue weighted by Gasteiger charge is 2.28. The van der Waals surface area contributed by atoms with Gasteiger partial charge in [-0.3, -0.25) is 19.2 Å². The number of nitrogens with zero attached hydrogens (tertiary/aromatic N) is 1. The van der Waals surface area contributed by atoms with E-state index >= 15 is 0 Å². The molecule has 12 heteroatoms. The first-order valence-corrected chi connectivity index (χ1v) is 10.3. The van der Waals surface area contributed by atoms with E-state index in [2.05, 4.69) is 30.4 Å². The van der Waals surface area contributed by atoms with Crippen LogP contribution in [0.2, 0.25) is 0 Å². The monoisotopic (exact) mass is 460 g/mol. The van der Waals surface area contributed by atoms with Crippen LogP contribution >= 0.6 is 11.3 Å². The third-order valence-electron chi connectivity index (χ3n) is 4.57. The van der Waals surface area contributed by atoms with Gasteiger partial charge in [0, 0.05) is 6.42 Å². The van der Waals surface area contributed by atoms with Gasteiger partial charge in [0.15, 0.2) is 5.13 Å². The maximum atomic E-state index is 12.4. The quantitative estimate of drug-likeness (QED) is 0.520. The number of para-hydroxylation sites is 1. The second-order valence-electron chi connectivity index (χ2n) is 6.69. The number of esters is 2. The summed E-state index contributed by atoms with van der Waals surface area (Å²) in [6.07, 6.45) is -0.321. The fraction of sp³-hybridized carbons (Fsp3) is 0.300. The molecule has 1 aliphatic heterocycles. The highest BCUT2D eigenvalue weighted by Crippen LogP contribution is 2.25. The van der Waals surface area contributed by atoms with Crippen LogP contribution in [0, 0.1) is 0 Å². The molecule has 1 aromatic carbocycles. The van der Waals surface area contributed by atoms with Crippen LogP contribution in [0.1, 0.15) is 38.6 Å². The smallest absolute Gasteiger partial charge is 0.350 e. The van der Waals surface area contributed by atoms with E-state index in [-0.39, 0.29) is 35.0 Å². The molecule has 1 aromatic heterocycles. The number of nitrogens with one attached hydrogen (secondary N) is 3. The van der Waals surface area contributed by atoms with Crippen LogP contribution in [0.25, 0.3) is 0 Å². The van der Waals surface area contributed by atoms with Crippen LogP contribution < -0.4 is 16.0 Å². The van der Waals surface area contributed by atoms with E-state index in [1.165, 1.54) is 14.2 Å². The molecular formula is C20H20N4O7S. The summed E-state index contributed by atoms with van der Waals surface area (Å²) in [5.74, 6) is -2.63. The molecule has 168 valence electrons. The molecule has 0 saturated carbocycles. The fourth-order valence-corrected chi connectivity index (χ4v) is 3.87. The van der Waals surface area contributed by atoms with Crippen molar-refractivity contribution >= 4 is 51.8 Å². The maximum Gasteiger partial charge on any atom is 0.350 e. The lowest BCUT2D eigenvalue weighted by Crippen LogP contribution is -2.41. The van der Waals surface area contributed by atoms with Crippen molar-refractivity contribution in [2.24, 2.45) is 0 Å². The zero-order valence-corrected chi connectivity index (χ0v) is 18.0. The van der Waals surface area contributed by atoms with Crippen LogP contribution in [0.3, 0.4) is 0 Å². The normalized spacial score (nSPS) is 15.0. The van der Waals surface area contributed by atoms with Crippen LogP contribution in [0.15, 0.2) is 24.3 Å². The Morgan fingerprint density at radius 3 is 2.62 bits per heavy atom. The Balaban J connectivity index is 1.63. The largest absolute Gasteiger partial charge is 0.469 e. The zero-order valence-electron chi connectivity index (χ0n) is 17.2.